The number of imide groups is 1. The third kappa shape index (κ3) is 4.35. The van der Waals surface area contributed by atoms with Crippen molar-refractivity contribution < 1.29 is 28.6 Å². The van der Waals surface area contributed by atoms with E-state index in [4.69, 9.17) is 21.1 Å². The lowest BCUT2D eigenvalue weighted by atomic mass is 10.3. The van der Waals surface area contributed by atoms with Crippen LogP contribution in [0.3, 0.4) is 0 Å². The van der Waals surface area contributed by atoms with E-state index < -0.39 is 31.2 Å². The molecule has 1 aliphatic rings. The van der Waals surface area contributed by atoms with Crippen LogP contribution in [0.5, 0.6) is 5.75 Å². The average molecular weight is 393 g/mol. The minimum atomic E-state index is -0.750. The molecule has 0 saturated carbocycles. The molecule has 0 bridgehead atoms. The second-order valence-electron chi connectivity index (χ2n) is 4.18. The molecule has 22 heavy (non-hydrogen) atoms. The monoisotopic (exact) mass is 391 g/mol. The topological polar surface area (TPSA) is 82.1 Å². The zero-order valence-corrected chi connectivity index (χ0v) is 13.6. The number of carbonyl (C=O) groups is 3. The van der Waals surface area contributed by atoms with Crippen molar-refractivity contribution in [2.45, 2.75) is 0 Å². The summed E-state index contributed by atoms with van der Waals surface area (Å²) in [6.45, 7) is -0.658. The number of amides is 2. The molecular formula is C13H11BrClNO6. The third-order valence-corrected chi connectivity index (χ3v) is 3.45. The third-order valence-electron chi connectivity index (χ3n) is 2.66. The molecule has 1 fully saturated rings. The van der Waals surface area contributed by atoms with Gasteiger partial charge in [0.25, 0.3) is 5.91 Å². The Hall–Kier alpha value is -1.80. The van der Waals surface area contributed by atoms with Gasteiger partial charge in [0, 0.05) is 4.47 Å². The summed E-state index contributed by atoms with van der Waals surface area (Å²) >= 11 is 9.17. The van der Waals surface area contributed by atoms with E-state index in [1.165, 1.54) is 0 Å². The molecular weight excluding hydrogens is 382 g/mol. The van der Waals surface area contributed by atoms with Crippen LogP contribution >= 0.6 is 27.5 Å². The van der Waals surface area contributed by atoms with Gasteiger partial charge in [0.15, 0.2) is 13.2 Å². The summed E-state index contributed by atoms with van der Waals surface area (Å²) < 4.78 is 15.3. The zero-order valence-electron chi connectivity index (χ0n) is 11.2. The number of esters is 1. The summed E-state index contributed by atoms with van der Waals surface area (Å²) in [5.41, 5.74) is 0. The van der Waals surface area contributed by atoms with Crippen molar-refractivity contribution in [2.24, 2.45) is 0 Å². The summed E-state index contributed by atoms with van der Waals surface area (Å²) in [5.74, 6) is -1.08. The quantitative estimate of drug-likeness (QED) is 0.713. The molecule has 0 aliphatic carbocycles. The van der Waals surface area contributed by atoms with E-state index in [0.717, 1.165) is 9.37 Å². The molecule has 1 aliphatic heterocycles. The van der Waals surface area contributed by atoms with Crippen LogP contribution < -0.4 is 4.74 Å². The van der Waals surface area contributed by atoms with Crippen LogP contribution in [0, 0.1) is 0 Å². The predicted molar refractivity (Wildman–Crippen MR) is 78.7 cm³/mol. The van der Waals surface area contributed by atoms with E-state index in [1.54, 1.807) is 18.2 Å². The molecule has 0 spiro atoms. The van der Waals surface area contributed by atoms with Crippen molar-refractivity contribution in [3.63, 3.8) is 0 Å². The maximum atomic E-state index is 11.6. The van der Waals surface area contributed by atoms with Gasteiger partial charge in [-0.1, -0.05) is 27.5 Å². The standard InChI is InChI=1S/C13H11BrClNO6/c14-8-1-2-10(9(15)5-8)21-7-12(18)22-6-11(17)16-3-4-20-13(16)19/h1-2,5H,3-4,6-7H2. The van der Waals surface area contributed by atoms with Crippen molar-refractivity contribution in [1.29, 1.82) is 0 Å². The first-order valence-electron chi connectivity index (χ1n) is 6.18. The molecule has 1 heterocycles. The molecule has 1 aromatic carbocycles. The number of hydrogen-bond acceptors (Lipinski definition) is 6. The van der Waals surface area contributed by atoms with Crippen LogP contribution in [0.2, 0.25) is 5.02 Å². The highest BCUT2D eigenvalue weighted by molar-refractivity contribution is 9.10. The predicted octanol–water partition coefficient (Wildman–Crippen LogP) is 2.00. The number of halogens is 2. The van der Waals surface area contributed by atoms with E-state index in [2.05, 4.69) is 20.7 Å². The van der Waals surface area contributed by atoms with Crippen molar-refractivity contribution in [3.05, 3.63) is 27.7 Å². The number of ether oxygens (including phenoxy) is 3. The molecule has 118 valence electrons. The molecule has 0 aromatic heterocycles. The Balaban J connectivity index is 1.76. The normalized spacial score (nSPS) is 13.7. The van der Waals surface area contributed by atoms with Crippen LogP contribution in [0.1, 0.15) is 0 Å². The Morgan fingerprint density at radius 2 is 2.14 bits per heavy atom. The zero-order chi connectivity index (χ0) is 16.1. The highest BCUT2D eigenvalue weighted by Crippen LogP contribution is 2.27. The summed E-state index contributed by atoms with van der Waals surface area (Å²) in [5, 5.41) is 0.332. The molecule has 9 heteroatoms. The fraction of sp³-hybridized carbons (Fsp3) is 0.308. The van der Waals surface area contributed by atoms with E-state index in [9.17, 15) is 14.4 Å². The molecule has 1 aromatic rings. The minimum absolute atomic E-state index is 0.143. The molecule has 0 atom stereocenters. The fourth-order valence-electron chi connectivity index (χ4n) is 1.61. The van der Waals surface area contributed by atoms with Gasteiger partial charge in [0.05, 0.1) is 11.6 Å². The smallest absolute Gasteiger partial charge is 0.416 e. The summed E-state index contributed by atoms with van der Waals surface area (Å²) in [7, 11) is 0. The number of cyclic esters (lactones) is 1. The fourth-order valence-corrected chi connectivity index (χ4v) is 2.34. The van der Waals surface area contributed by atoms with Crippen LogP contribution in [0.15, 0.2) is 22.7 Å². The Labute approximate surface area is 139 Å². The second kappa shape index (κ2) is 7.46. The van der Waals surface area contributed by atoms with Crippen LogP contribution in [-0.4, -0.2) is 49.2 Å². The van der Waals surface area contributed by atoms with Gasteiger partial charge in [0.1, 0.15) is 12.4 Å². The first-order chi connectivity index (χ1) is 10.5. The molecule has 0 radical (unpaired) electrons. The highest BCUT2D eigenvalue weighted by Gasteiger charge is 2.28. The van der Waals surface area contributed by atoms with E-state index >= 15 is 0 Å². The van der Waals surface area contributed by atoms with Gasteiger partial charge >= 0.3 is 12.1 Å². The lowest BCUT2D eigenvalue weighted by Gasteiger charge is -2.11. The molecule has 2 amide bonds. The Bertz CT molecular complexity index is 608. The largest absolute Gasteiger partial charge is 0.480 e. The summed E-state index contributed by atoms with van der Waals surface area (Å²) in [6.07, 6.45) is -0.737. The Morgan fingerprint density at radius 3 is 2.77 bits per heavy atom. The van der Waals surface area contributed by atoms with E-state index in [1.807, 2.05) is 0 Å². The molecule has 2 rings (SSSR count). The van der Waals surface area contributed by atoms with Crippen molar-refractivity contribution >= 4 is 45.5 Å². The average Bonchev–Trinajstić information content (AvgIpc) is 2.90. The number of nitrogens with zero attached hydrogens (tertiary/aromatic N) is 1. The second-order valence-corrected chi connectivity index (χ2v) is 5.51. The SMILES string of the molecule is O=C(COc1ccc(Br)cc1Cl)OCC(=O)N1CCOC1=O. The summed E-state index contributed by atoms with van der Waals surface area (Å²) in [6, 6.07) is 4.91. The first-order valence-corrected chi connectivity index (χ1v) is 7.35. The van der Waals surface area contributed by atoms with Crippen LogP contribution in [0.25, 0.3) is 0 Å². The van der Waals surface area contributed by atoms with Gasteiger partial charge in [-0.25, -0.2) is 14.5 Å². The highest BCUT2D eigenvalue weighted by atomic mass is 79.9. The molecule has 0 unspecified atom stereocenters. The minimum Gasteiger partial charge on any atom is -0.480 e. The van der Waals surface area contributed by atoms with Crippen molar-refractivity contribution in [1.82, 2.24) is 4.90 Å². The molecule has 1 saturated heterocycles. The maximum Gasteiger partial charge on any atom is 0.416 e. The lowest BCUT2D eigenvalue weighted by Crippen LogP contribution is -2.35. The first kappa shape index (κ1) is 16.6. The van der Waals surface area contributed by atoms with Gasteiger partial charge < -0.3 is 14.2 Å². The molecule has 7 nitrogen and oxygen atoms in total. The Kier molecular flexibility index (Phi) is 5.62. The van der Waals surface area contributed by atoms with E-state index in [0.29, 0.717) is 10.8 Å². The van der Waals surface area contributed by atoms with Crippen molar-refractivity contribution in [3.8, 4) is 5.75 Å². The number of hydrogen-bond donors (Lipinski definition) is 0. The number of carbonyl (C=O) groups excluding carboxylic acids is 3. The van der Waals surface area contributed by atoms with E-state index in [-0.39, 0.29) is 13.2 Å². The van der Waals surface area contributed by atoms with Gasteiger partial charge in [-0.3, -0.25) is 4.79 Å². The molecule has 0 N–H and O–H groups in total. The van der Waals surface area contributed by atoms with Gasteiger partial charge in [-0.05, 0) is 18.2 Å². The lowest BCUT2D eigenvalue weighted by molar-refractivity contribution is -0.152. The van der Waals surface area contributed by atoms with Crippen molar-refractivity contribution in [2.75, 3.05) is 26.4 Å². The number of rotatable bonds is 5. The summed E-state index contributed by atoms with van der Waals surface area (Å²) in [4.78, 5) is 35.1. The van der Waals surface area contributed by atoms with Crippen LogP contribution in [-0.2, 0) is 19.1 Å². The number of benzene rings is 1. The Morgan fingerprint density at radius 1 is 1.36 bits per heavy atom. The van der Waals surface area contributed by atoms with Gasteiger partial charge in [-0.15, -0.1) is 0 Å². The van der Waals surface area contributed by atoms with Gasteiger partial charge in [-0.2, -0.15) is 0 Å². The van der Waals surface area contributed by atoms with Crippen LogP contribution in [0.4, 0.5) is 4.79 Å². The van der Waals surface area contributed by atoms with Gasteiger partial charge in [0.2, 0.25) is 0 Å². The maximum absolute atomic E-state index is 11.6.